The lowest BCUT2D eigenvalue weighted by molar-refractivity contribution is 0.664. The Morgan fingerprint density at radius 2 is 2.00 bits per heavy atom. The maximum Gasteiger partial charge on any atom is 0.144 e. The van der Waals surface area contributed by atoms with Gasteiger partial charge >= 0.3 is 0 Å². The Balaban J connectivity index is 2.29. The quantitative estimate of drug-likeness (QED) is 0.390. The number of thiol groups is 1. The molecule has 0 unspecified atom stereocenters. The van der Waals surface area contributed by atoms with E-state index in [4.69, 9.17) is 12.2 Å². The van der Waals surface area contributed by atoms with Crippen molar-refractivity contribution in [2.45, 2.75) is 6.54 Å². The minimum Gasteiger partial charge on any atom is -0.307 e. The molecule has 0 saturated heterocycles. The molecular weight excluding hydrogens is 188 g/mol. The Bertz CT molecular complexity index is 248. The van der Waals surface area contributed by atoms with Crippen molar-refractivity contribution in [1.29, 1.82) is 0 Å². The van der Waals surface area contributed by atoms with E-state index >= 15 is 0 Å². The van der Waals surface area contributed by atoms with Crippen LogP contribution in [-0.4, -0.2) is 4.32 Å². The number of hydrazine groups is 1. The van der Waals surface area contributed by atoms with Crippen molar-refractivity contribution in [2.24, 2.45) is 0 Å². The van der Waals surface area contributed by atoms with Gasteiger partial charge in [-0.25, -0.2) is 5.43 Å². The van der Waals surface area contributed by atoms with Crippen LogP contribution in [0.15, 0.2) is 30.3 Å². The fourth-order valence-electron chi connectivity index (χ4n) is 0.818. The lowest BCUT2D eigenvalue weighted by Gasteiger charge is -2.04. The van der Waals surface area contributed by atoms with Crippen LogP contribution in [0.4, 0.5) is 0 Å². The second-order valence-electron chi connectivity index (χ2n) is 2.27. The summed E-state index contributed by atoms with van der Waals surface area (Å²) in [7, 11) is 0. The zero-order chi connectivity index (χ0) is 8.81. The van der Waals surface area contributed by atoms with Gasteiger partial charge in [-0.3, -0.25) is 0 Å². The van der Waals surface area contributed by atoms with E-state index in [1.165, 1.54) is 5.56 Å². The van der Waals surface area contributed by atoms with Crippen LogP contribution in [0.25, 0.3) is 0 Å². The van der Waals surface area contributed by atoms with E-state index in [0.717, 1.165) is 6.54 Å². The third-order valence-corrected chi connectivity index (χ3v) is 1.54. The van der Waals surface area contributed by atoms with Gasteiger partial charge in [-0.15, -0.1) is 12.6 Å². The normalized spacial score (nSPS) is 9.42. The molecule has 2 N–H and O–H groups in total. The van der Waals surface area contributed by atoms with Gasteiger partial charge in [0, 0.05) is 6.54 Å². The fraction of sp³-hybridized carbons (Fsp3) is 0.125. The molecule has 0 aliphatic rings. The molecule has 1 aromatic rings. The van der Waals surface area contributed by atoms with Crippen LogP contribution in [0.3, 0.4) is 0 Å². The molecule has 0 amide bonds. The molecule has 0 aliphatic carbocycles. The number of rotatable bonds is 3. The summed E-state index contributed by atoms with van der Waals surface area (Å²) in [6.45, 7) is 0.738. The summed E-state index contributed by atoms with van der Waals surface area (Å²) in [5, 5.41) is 0. The first-order valence-corrected chi connectivity index (χ1v) is 4.40. The van der Waals surface area contributed by atoms with Gasteiger partial charge < -0.3 is 5.43 Å². The Hall–Kier alpha value is -0.580. The molecule has 0 aromatic heterocycles. The summed E-state index contributed by atoms with van der Waals surface area (Å²) in [6.07, 6.45) is 0. The predicted octanol–water partition coefficient (Wildman–Crippen LogP) is 1.50. The summed E-state index contributed by atoms with van der Waals surface area (Å²) in [5.41, 5.74) is 6.88. The van der Waals surface area contributed by atoms with Gasteiger partial charge in [0.2, 0.25) is 0 Å². The number of nitrogens with one attached hydrogen (secondary N) is 2. The van der Waals surface area contributed by atoms with Gasteiger partial charge in [-0.05, 0) is 5.56 Å². The van der Waals surface area contributed by atoms with Crippen LogP contribution in [0.5, 0.6) is 0 Å². The first-order valence-electron chi connectivity index (χ1n) is 3.55. The van der Waals surface area contributed by atoms with E-state index in [2.05, 4.69) is 23.5 Å². The first kappa shape index (κ1) is 9.51. The molecule has 0 atom stereocenters. The third kappa shape index (κ3) is 3.71. The molecule has 12 heavy (non-hydrogen) atoms. The Morgan fingerprint density at radius 3 is 2.58 bits per heavy atom. The van der Waals surface area contributed by atoms with E-state index in [1.807, 2.05) is 30.3 Å². The molecule has 0 aliphatic heterocycles. The number of thiocarbonyl (C=S) groups is 1. The minimum atomic E-state index is 0.450. The van der Waals surface area contributed by atoms with Gasteiger partial charge in [0.05, 0.1) is 0 Å². The molecule has 0 fully saturated rings. The van der Waals surface area contributed by atoms with E-state index in [1.54, 1.807) is 0 Å². The second kappa shape index (κ2) is 5.13. The molecule has 64 valence electrons. The largest absolute Gasteiger partial charge is 0.307 e. The molecule has 0 bridgehead atoms. The molecule has 0 saturated carbocycles. The Labute approximate surface area is 82.7 Å². The van der Waals surface area contributed by atoms with Crippen molar-refractivity contribution in [3.63, 3.8) is 0 Å². The average molecular weight is 198 g/mol. The minimum absolute atomic E-state index is 0.450. The zero-order valence-corrected chi connectivity index (χ0v) is 8.16. The van der Waals surface area contributed by atoms with Crippen molar-refractivity contribution in [2.75, 3.05) is 0 Å². The van der Waals surface area contributed by atoms with Gasteiger partial charge in [0.25, 0.3) is 0 Å². The monoisotopic (exact) mass is 198 g/mol. The van der Waals surface area contributed by atoms with Crippen LogP contribution in [-0.2, 0) is 6.54 Å². The lowest BCUT2D eigenvalue weighted by atomic mass is 10.2. The highest BCUT2D eigenvalue weighted by molar-refractivity contribution is 8.11. The Kier molecular flexibility index (Phi) is 4.07. The van der Waals surface area contributed by atoms with Gasteiger partial charge in [0.1, 0.15) is 4.32 Å². The summed E-state index contributed by atoms with van der Waals surface area (Å²) in [5.74, 6) is 0. The highest BCUT2D eigenvalue weighted by Gasteiger charge is 1.89. The summed E-state index contributed by atoms with van der Waals surface area (Å²) < 4.78 is 0.450. The average Bonchev–Trinajstić information content (AvgIpc) is 2.05. The maximum atomic E-state index is 4.70. The van der Waals surface area contributed by atoms with Crippen molar-refractivity contribution < 1.29 is 0 Å². The van der Waals surface area contributed by atoms with Crippen LogP contribution in [0, 0.1) is 0 Å². The van der Waals surface area contributed by atoms with Crippen LogP contribution in [0.1, 0.15) is 5.56 Å². The van der Waals surface area contributed by atoms with E-state index < -0.39 is 0 Å². The van der Waals surface area contributed by atoms with Gasteiger partial charge in [-0.1, -0.05) is 42.5 Å². The topological polar surface area (TPSA) is 24.1 Å². The molecular formula is C8H10N2S2. The zero-order valence-electron chi connectivity index (χ0n) is 6.45. The number of hydrogen-bond donors (Lipinski definition) is 3. The van der Waals surface area contributed by atoms with E-state index in [-0.39, 0.29) is 0 Å². The van der Waals surface area contributed by atoms with Crippen LogP contribution < -0.4 is 10.9 Å². The van der Waals surface area contributed by atoms with Crippen molar-refractivity contribution in [3.8, 4) is 0 Å². The molecule has 0 heterocycles. The lowest BCUT2D eigenvalue weighted by Crippen LogP contribution is -2.32. The molecule has 1 rings (SSSR count). The predicted molar refractivity (Wildman–Crippen MR) is 58.0 cm³/mol. The Morgan fingerprint density at radius 1 is 1.33 bits per heavy atom. The summed E-state index contributed by atoms with van der Waals surface area (Å²) in [4.78, 5) is 0. The summed E-state index contributed by atoms with van der Waals surface area (Å²) in [6, 6.07) is 10.1. The van der Waals surface area contributed by atoms with E-state index in [9.17, 15) is 0 Å². The van der Waals surface area contributed by atoms with Crippen molar-refractivity contribution in [1.82, 2.24) is 10.9 Å². The molecule has 4 heteroatoms. The van der Waals surface area contributed by atoms with Crippen molar-refractivity contribution in [3.05, 3.63) is 35.9 Å². The molecule has 2 nitrogen and oxygen atoms in total. The second-order valence-corrected chi connectivity index (χ2v) is 3.43. The standard InChI is InChI=1S/C8H10N2S2/c11-8(12)10-9-6-7-4-2-1-3-5-7/h1-5,9H,6H2,(H2,10,11,12). The van der Waals surface area contributed by atoms with Gasteiger partial charge in [-0.2, -0.15) is 0 Å². The third-order valence-electron chi connectivity index (χ3n) is 1.33. The van der Waals surface area contributed by atoms with Gasteiger partial charge in [0.15, 0.2) is 0 Å². The van der Waals surface area contributed by atoms with Crippen LogP contribution >= 0.6 is 24.8 Å². The highest BCUT2D eigenvalue weighted by Crippen LogP contribution is 1.96. The SMILES string of the molecule is S=C(S)NNCc1ccccc1. The number of benzene rings is 1. The van der Waals surface area contributed by atoms with E-state index in [0.29, 0.717) is 4.32 Å². The van der Waals surface area contributed by atoms with Crippen LogP contribution in [0.2, 0.25) is 0 Å². The molecule has 1 aromatic carbocycles. The first-order chi connectivity index (χ1) is 5.79. The summed E-state index contributed by atoms with van der Waals surface area (Å²) >= 11 is 8.60. The van der Waals surface area contributed by atoms with Crippen molar-refractivity contribution >= 4 is 29.2 Å². The highest BCUT2D eigenvalue weighted by atomic mass is 32.1. The fourth-order valence-corrected chi connectivity index (χ4v) is 0.969. The number of hydrogen-bond acceptors (Lipinski definition) is 2. The molecule has 0 radical (unpaired) electrons. The maximum absolute atomic E-state index is 4.70. The smallest absolute Gasteiger partial charge is 0.144 e. The molecule has 0 spiro atoms.